The molecule has 17 heavy (non-hydrogen) atoms. The van der Waals surface area contributed by atoms with Crippen LogP contribution in [0.4, 0.5) is 5.13 Å². The molecule has 1 aromatic heterocycles. The number of anilines is 1. The topological polar surface area (TPSA) is 73.1 Å². The Morgan fingerprint density at radius 1 is 1.59 bits per heavy atom. The summed E-state index contributed by atoms with van der Waals surface area (Å²) in [6, 6.07) is 0.396. The number of hydrogen-bond donors (Lipinski definition) is 2. The van der Waals surface area contributed by atoms with E-state index in [-0.39, 0.29) is 18.2 Å². The van der Waals surface area contributed by atoms with E-state index in [9.17, 15) is 0 Å². The lowest BCUT2D eigenvalue weighted by atomic mass is 9.69. The van der Waals surface area contributed by atoms with E-state index in [0.29, 0.717) is 5.92 Å². The summed E-state index contributed by atoms with van der Waals surface area (Å²) in [5.41, 5.74) is 6.18. The number of nitrogens with one attached hydrogen (secondary N) is 1. The van der Waals surface area contributed by atoms with Gasteiger partial charge in [-0.15, -0.1) is 0 Å². The van der Waals surface area contributed by atoms with Crippen molar-refractivity contribution in [3.05, 3.63) is 5.82 Å². The van der Waals surface area contributed by atoms with Gasteiger partial charge in [-0.2, -0.15) is 4.37 Å². The van der Waals surface area contributed by atoms with Crippen molar-refractivity contribution >= 4 is 16.7 Å². The quantitative estimate of drug-likeness (QED) is 0.842. The van der Waals surface area contributed by atoms with Crippen LogP contribution in [0.15, 0.2) is 0 Å². The highest BCUT2D eigenvalue weighted by atomic mass is 32.1. The average Bonchev–Trinajstić information content (AvgIpc) is 2.83. The second-order valence-corrected chi connectivity index (χ2v) is 5.51. The van der Waals surface area contributed by atoms with Crippen LogP contribution in [0.2, 0.25) is 0 Å². The van der Waals surface area contributed by atoms with Crippen molar-refractivity contribution in [3.63, 3.8) is 0 Å². The third-order valence-corrected chi connectivity index (χ3v) is 4.44. The number of hydrogen-bond acceptors (Lipinski definition) is 6. The maximum absolute atomic E-state index is 6.18. The molecule has 0 aromatic carbocycles. The monoisotopic (exact) mass is 254 g/mol. The first-order valence-electron chi connectivity index (χ1n) is 6.26. The van der Waals surface area contributed by atoms with Gasteiger partial charge >= 0.3 is 0 Å². The molecule has 1 aliphatic carbocycles. The molecule has 1 aromatic rings. The summed E-state index contributed by atoms with van der Waals surface area (Å²) in [6.07, 6.45) is 3.48. The lowest BCUT2D eigenvalue weighted by molar-refractivity contribution is -0.104. The molecule has 1 saturated carbocycles. The van der Waals surface area contributed by atoms with Crippen LogP contribution in [0.3, 0.4) is 0 Å². The largest absolute Gasteiger partial charge is 0.376 e. The number of ether oxygens (including phenoxy) is 1. The summed E-state index contributed by atoms with van der Waals surface area (Å²) >= 11 is 1.41. The van der Waals surface area contributed by atoms with Gasteiger partial charge in [0, 0.05) is 36.5 Å². The van der Waals surface area contributed by atoms with Gasteiger partial charge in [-0.3, -0.25) is 0 Å². The molecule has 3 rings (SSSR count). The van der Waals surface area contributed by atoms with Crippen LogP contribution >= 0.6 is 11.5 Å². The number of aryl methyl sites for hydroxylation is 1. The van der Waals surface area contributed by atoms with Crippen molar-refractivity contribution in [2.45, 2.75) is 44.4 Å². The van der Waals surface area contributed by atoms with Crippen LogP contribution in [0.1, 0.15) is 25.6 Å². The molecular weight excluding hydrogens is 236 g/mol. The van der Waals surface area contributed by atoms with Crippen molar-refractivity contribution in [1.82, 2.24) is 9.36 Å². The van der Waals surface area contributed by atoms with Crippen LogP contribution in [0.5, 0.6) is 0 Å². The van der Waals surface area contributed by atoms with Crippen LogP contribution in [0.25, 0.3) is 0 Å². The Morgan fingerprint density at radius 2 is 2.47 bits per heavy atom. The van der Waals surface area contributed by atoms with Gasteiger partial charge in [-0.05, 0) is 12.8 Å². The molecule has 1 aliphatic heterocycles. The van der Waals surface area contributed by atoms with Crippen LogP contribution in [0, 0.1) is 5.92 Å². The fraction of sp³-hybridized carbons (Fsp3) is 0.818. The van der Waals surface area contributed by atoms with E-state index in [1.54, 1.807) is 0 Å². The summed E-state index contributed by atoms with van der Waals surface area (Å²) in [5.74, 6) is 1.42. The van der Waals surface area contributed by atoms with Gasteiger partial charge in [0.2, 0.25) is 5.13 Å². The number of nitrogens with zero attached hydrogens (tertiary/aromatic N) is 2. The first-order chi connectivity index (χ1) is 8.29. The Hall–Kier alpha value is -0.720. The van der Waals surface area contributed by atoms with Crippen LogP contribution in [-0.4, -0.2) is 34.2 Å². The fourth-order valence-electron chi connectivity index (χ4n) is 2.72. The van der Waals surface area contributed by atoms with E-state index < -0.39 is 0 Å². The highest BCUT2D eigenvalue weighted by molar-refractivity contribution is 7.09. The lowest BCUT2D eigenvalue weighted by Gasteiger charge is -2.52. The van der Waals surface area contributed by atoms with Crippen molar-refractivity contribution in [2.75, 3.05) is 11.9 Å². The third kappa shape index (κ3) is 1.94. The zero-order valence-electron chi connectivity index (χ0n) is 9.93. The van der Waals surface area contributed by atoms with Gasteiger partial charge in [-0.25, -0.2) is 4.98 Å². The first kappa shape index (κ1) is 11.4. The lowest BCUT2D eigenvalue weighted by Crippen LogP contribution is -2.69. The van der Waals surface area contributed by atoms with Crippen molar-refractivity contribution in [2.24, 2.45) is 11.7 Å². The zero-order chi connectivity index (χ0) is 11.8. The molecule has 0 spiro atoms. The molecule has 94 valence electrons. The fourth-order valence-corrected chi connectivity index (χ4v) is 3.42. The zero-order valence-corrected chi connectivity index (χ0v) is 10.7. The summed E-state index contributed by atoms with van der Waals surface area (Å²) in [7, 11) is 0. The Bertz CT molecular complexity index is 397. The molecule has 0 radical (unpaired) electrons. The minimum Gasteiger partial charge on any atom is -0.376 e. The van der Waals surface area contributed by atoms with E-state index in [0.717, 1.165) is 30.4 Å². The Morgan fingerprint density at radius 3 is 3.24 bits per heavy atom. The summed E-state index contributed by atoms with van der Waals surface area (Å²) in [4.78, 5) is 4.41. The van der Waals surface area contributed by atoms with Crippen LogP contribution in [-0.2, 0) is 11.2 Å². The summed E-state index contributed by atoms with van der Waals surface area (Å²) in [5, 5.41) is 4.25. The molecule has 4 atom stereocenters. The van der Waals surface area contributed by atoms with E-state index in [1.165, 1.54) is 18.0 Å². The van der Waals surface area contributed by atoms with Gasteiger partial charge in [0.05, 0.1) is 12.1 Å². The standard InChI is InChI=1S/C11H18N4OS/c1-2-7-13-11(17-15-7)14-9-8(12)6-4-3-5-16-10(6)9/h6,8-10H,2-5,12H2,1H3,(H,13,14,15). The van der Waals surface area contributed by atoms with Gasteiger partial charge in [0.1, 0.15) is 5.82 Å². The molecule has 5 nitrogen and oxygen atoms in total. The van der Waals surface area contributed by atoms with Gasteiger partial charge in [-0.1, -0.05) is 6.92 Å². The second kappa shape index (κ2) is 4.51. The molecule has 1 saturated heterocycles. The predicted octanol–water partition coefficient (Wildman–Crippen LogP) is 1.02. The second-order valence-electron chi connectivity index (χ2n) is 4.76. The summed E-state index contributed by atoms with van der Waals surface area (Å²) < 4.78 is 10.0. The molecule has 0 bridgehead atoms. The molecule has 2 fully saturated rings. The Kier molecular flexibility index (Phi) is 3.02. The van der Waals surface area contributed by atoms with Crippen molar-refractivity contribution < 1.29 is 4.74 Å². The van der Waals surface area contributed by atoms with Gasteiger partial charge < -0.3 is 15.8 Å². The highest BCUT2D eigenvalue weighted by Gasteiger charge is 2.50. The summed E-state index contributed by atoms with van der Waals surface area (Å²) in [6.45, 7) is 2.92. The molecule has 2 heterocycles. The Labute approximate surface area is 105 Å². The number of aromatic nitrogens is 2. The van der Waals surface area contributed by atoms with E-state index >= 15 is 0 Å². The first-order valence-corrected chi connectivity index (χ1v) is 7.03. The molecule has 3 N–H and O–H groups in total. The molecule has 4 unspecified atom stereocenters. The maximum Gasteiger partial charge on any atom is 0.202 e. The highest BCUT2D eigenvalue weighted by Crippen LogP contribution is 2.38. The third-order valence-electron chi connectivity index (χ3n) is 3.75. The van der Waals surface area contributed by atoms with Gasteiger partial charge in [0.25, 0.3) is 0 Å². The number of nitrogens with two attached hydrogens (primary N) is 1. The number of fused-ring (bicyclic) bond motifs is 1. The van der Waals surface area contributed by atoms with E-state index in [2.05, 4.69) is 21.6 Å². The van der Waals surface area contributed by atoms with E-state index in [1.807, 2.05) is 0 Å². The maximum atomic E-state index is 6.18. The van der Waals surface area contributed by atoms with Crippen LogP contribution < -0.4 is 11.1 Å². The van der Waals surface area contributed by atoms with Gasteiger partial charge in [0.15, 0.2) is 0 Å². The molecule has 2 aliphatic rings. The van der Waals surface area contributed by atoms with Crippen molar-refractivity contribution in [1.29, 1.82) is 0 Å². The predicted molar refractivity (Wildman–Crippen MR) is 67.1 cm³/mol. The average molecular weight is 254 g/mol. The molecular formula is C11H18N4OS. The SMILES string of the molecule is CCc1nsc(NC2C(N)C3CCCOC32)n1. The molecule has 0 amide bonds. The normalized spacial score (nSPS) is 36.1. The smallest absolute Gasteiger partial charge is 0.202 e. The number of rotatable bonds is 3. The minimum atomic E-state index is 0.189. The van der Waals surface area contributed by atoms with Crippen molar-refractivity contribution in [3.8, 4) is 0 Å². The van der Waals surface area contributed by atoms with E-state index in [4.69, 9.17) is 10.5 Å². The molecule has 6 heteroatoms. The minimum absolute atomic E-state index is 0.189. The Balaban J connectivity index is 1.65.